The van der Waals surface area contributed by atoms with Gasteiger partial charge in [-0.3, -0.25) is 14.2 Å². The van der Waals surface area contributed by atoms with Gasteiger partial charge in [0.1, 0.15) is 12.4 Å². The van der Waals surface area contributed by atoms with Crippen molar-refractivity contribution in [3.05, 3.63) is 45.1 Å². The molecule has 2 amide bonds. The molecule has 1 aliphatic heterocycles. The van der Waals surface area contributed by atoms with Crippen molar-refractivity contribution in [1.29, 1.82) is 0 Å². The van der Waals surface area contributed by atoms with Crippen molar-refractivity contribution in [2.75, 3.05) is 19.8 Å². The van der Waals surface area contributed by atoms with E-state index in [1.807, 2.05) is 0 Å². The Morgan fingerprint density at radius 3 is 2.69 bits per heavy atom. The van der Waals surface area contributed by atoms with Crippen LogP contribution in [0.25, 0.3) is 5.69 Å². The summed E-state index contributed by atoms with van der Waals surface area (Å²) in [7, 11) is 0. The van der Waals surface area contributed by atoms with Crippen molar-refractivity contribution in [2.24, 2.45) is 0 Å². The Labute approximate surface area is 208 Å². The van der Waals surface area contributed by atoms with Crippen molar-refractivity contribution in [2.45, 2.75) is 70.1 Å². The van der Waals surface area contributed by atoms with E-state index < -0.39 is 17.2 Å². The normalized spacial score (nSPS) is 19.8. The van der Waals surface area contributed by atoms with Crippen LogP contribution < -0.4 is 16.3 Å². The highest BCUT2D eigenvalue weighted by molar-refractivity contribution is 6.33. The molecule has 1 aromatic heterocycles. The van der Waals surface area contributed by atoms with Gasteiger partial charge in [-0.05, 0) is 44.4 Å². The molecule has 10 nitrogen and oxygen atoms in total. The lowest BCUT2D eigenvalue weighted by Gasteiger charge is -2.26. The smallest absolute Gasteiger partial charge is 0.351 e. The topological polar surface area (TPSA) is 127 Å². The number of carbonyl (C=O) groups excluding carboxylic acids is 2. The van der Waals surface area contributed by atoms with E-state index in [0.717, 1.165) is 36.8 Å². The van der Waals surface area contributed by atoms with E-state index in [1.54, 1.807) is 13.0 Å². The molecule has 0 radical (unpaired) electrons. The Bertz CT molecular complexity index is 1130. The molecule has 2 aliphatic rings. The molecule has 1 aromatic carbocycles. The largest absolute Gasteiger partial charge is 0.388 e. The zero-order valence-corrected chi connectivity index (χ0v) is 20.6. The van der Waals surface area contributed by atoms with Crippen LogP contribution in [0, 0.1) is 6.92 Å². The van der Waals surface area contributed by atoms with Gasteiger partial charge in [-0.2, -0.15) is 9.78 Å². The minimum absolute atomic E-state index is 0.0538. The summed E-state index contributed by atoms with van der Waals surface area (Å²) in [5, 5.41) is 21.0. The number of carbonyl (C=O) groups is 2. The van der Waals surface area contributed by atoms with Gasteiger partial charge in [0.25, 0.3) is 5.91 Å². The fourth-order valence-corrected chi connectivity index (χ4v) is 4.84. The monoisotopic (exact) mass is 505 g/mol. The Balaban J connectivity index is 1.48. The molecule has 1 saturated carbocycles. The second-order valence-corrected chi connectivity index (χ2v) is 9.85. The maximum atomic E-state index is 13.0. The molecule has 0 spiro atoms. The van der Waals surface area contributed by atoms with Gasteiger partial charge in [0, 0.05) is 13.2 Å². The highest BCUT2D eigenvalue weighted by Gasteiger charge is 2.29. The number of halogens is 1. The number of nitrogens with zero attached hydrogens (tertiary/aromatic N) is 3. The first-order valence-corrected chi connectivity index (χ1v) is 12.5. The molecule has 1 atom stereocenters. The summed E-state index contributed by atoms with van der Waals surface area (Å²) in [6.45, 7) is 2.68. The van der Waals surface area contributed by atoms with Gasteiger partial charge < -0.3 is 20.5 Å². The van der Waals surface area contributed by atoms with Gasteiger partial charge in [-0.15, -0.1) is 0 Å². The maximum absolute atomic E-state index is 13.0. The van der Waals surface area contributed by atoms with E-state index in [9.17, 15) is 19.5 Å². The number of benzene rings is 1. The molecule has 35 heavy (non-hydrogen) atoms. The van der Waals surface area contributed by atoms with E-state index >= 15 is 0 Å². The van der Waals surface area contributed by atoms with Crippen LogP contribution in [0.15, 0.2) is 23.0 Å². The van der Waals surface area contributed by atoms with Gasteiger partial charge in [0.05, 0.1) is 34.5 Å². The first-order chi connectivity index (χ1) is 16.8. The standard InChI is InChI=1S/C24H32ClN5O5/c1-16-28-30(23(33)29(16)13-21(31)27-17-8-11-35-14-17)18-6-7-20(25)19(12-18)22(32)26-15-24(34)9-4-2-3-5-10-24/h6-7,12,17,34H,2-5,8-11,13-15H2,1H3,(H,26,32)(H,27,31). The number of nitrogens with one attached hydrogen (secondary N) is 2. The van der Waals surface area contributed by atoms with Gasteiger partial charge in [0.2, 0.25) is 5.91 Å². The molecule has 0 bridgehead atoms. The molecule has 2 aromatic rings. The second kappa shape index (κ2) is 10.9. The highest BCUT2D eigenvalue weighted by Crippen LogP contribution is 2.27. The second-order valence-electron chi connectivity index (χ2n) is 9.44. The van der Waals surface area contributed by atoms with Crippen LogP contribution in [0.4, 0.5) is 0 Å². The number of hydrogen-bond donors (Lipinski definition) is 3. The van der Waals surface area contributed by atoms with Gasteiger partial charge in [-0.25, -0.2) is 4.79 Å². The molecule has 4 rings (SSSR count). The third kappa shape index (κ3) is 6.12. The predicted octanol–water partition coefficient (Wildman–Crippen LogP) is 1.72. The van der Waals surface area contributed by atoms with E-state index in [0.29, 0.717) is 37.6 Å². The van der Waals surface area contributed by atoms with Crippen molar-refractivity contribution >= 4 is 23.4 Å². The Hall–Kier alpha value is -2.69. The van der Waals surface area contributed by atoms with Crippen molar-refractivity contribution in [3.8, 4) is 5.69 Å². The number of hydrogen-bond acceptors (Lipinski definition) is 6. The van der Waals surface area contributed by atoms with E-state index in [2.05, 4.69) is 15.7 Å². The molecule has 11 heteroatoms. The van der Waals surface area contributed by atoms with Crippen LogP contribution in [0.3, 0.4) is 0 Å². The number of aliphatic hydroxyl groups is 1. The zero-order chi connectivity index (χ0) is 25.0. The Kier molecular flexibility index (Phi) is 7.93. The van der Waals surface area contributed by atoms with E-state index in [-0.39, 0.29) is 35.6 Å². The minimum atomic E-state index is -0.922. The van der Waals surface area contributed by atoms with Crippen LogP contribution in [-0.4, -0.2) is 62.7 Å². The summed E-state index contributed by atoms with van der Waals surface area (Å²) in [5.74, 6) is -0.362. The lowest BCUT2D eigenvalue weighted by molar-refractivity contribution is -0.122. The van der Waals surface area contributed by atoms with Crippen molar-refractivity contribution in [1.82, 2.24) is 25.0 Å². The van der Waals surface area contributed by atoms with E-state index in [4.69, 9.17) is 16.3 Å². The van der Waals surface area contributed by atoms with Crippen LogP contribution in [0.2, 0.25) is 5.02 Å². The quantitative estimate of drug-likeness (QED) is 0.492. The van der Waals surface area contributed by atoms with Crippen molar-refractivity contribution in [3.63, 3.8) is 0 Å². The van der Waals surface area contributed by atoms with Gasteiger partial charge >= 0.3 is 5.69 Å². The van der Waals surface area contributed by atoms with Crippen LogP contribution in [0.1, 0.15) is 61.1 Å². The highest BCUT2D eigenvalue weighted by atomic mass is 35.5. The summed E-state index contributed by atoms with van der Waals surface area (Å²) < 4.78 is 7.69. The third-order valence-corrected chi connectivity index (χ3v) is 7.02. The molecule has 2 fully saturated rings. The number of amides is 2. The predicted molar refractivity (Wildman–Crippen MR) is 130 cm³/mol. The molecule has 2 heterocycles. The average molecular weight is 506 g/mol. The fourth-order valence-electron chi connectivity index (χ4n) is 4.63. The molecule has 1 saturated heterocycles. The van der Waals surface area contributed by atoms with Crippen LogP contribution in [0.5, 0.6) is 0 Å². The number of aromatic nitrogens is 3. The summed E-state index contributed by atoms with van der Waals surface area (Å²) in [6.07, 6.45) is 6.07. The average Bonchev–Trinajstić information content (AvgIpc) is 3.36. The first-order valence-electron chi connectivity index (χ1n) is 12.1. The van der Waals surface area contributed by atoms with Gasteiger partial charge in [-0.1, -0.05) is 37.3 Å². The Morgan fingerprint density at radius 2 is 2.00 bits per heavy atom. The summed E-state index contributed by atoms with van der Waals surface area (Å²) in [4.78, 5) is 38.3. The lowest BCUT2D eigenvalue weighted by atomic mass is 9.94. The minimum Gasteiger partial charge on any atom is -0.388 e. The number of ether oxygens (including phenoxy) is 1. The van der Waals surface area contributed by atoms with Crippen LogP contribution in [-0.2, 0) is 16.1 Å². The zero-order valence-electron chi connectivity index (χ0n) is 19.9. The molecular formula is C24H32ClN5O5. The first kappa shape index (κ1) is 25.4. The molecular weight excluding hydrogens is 474 g/mol. The molecule has 1 aliphatic carbocycles. The molecule has 1 unspecified atom stereocenters. The lowest BCUT2D eigenvalue weighted by Crippen LogP contribution is -2.42. The summed E-state index contributed by atoms with van der Waals surface area (Å²) in [6, 6.07) is 4.55. The third-order valence-electron chi connectivity index (χ3n) is 6.70. The number of aryl methyl sites for hydroxylation is 1. The SMILES string of the molecule is Cc1nn(-c2ccc(Cl)c(C(=O)NCC3(O)CCCCCC3)c2)c(=O)n1CC(=O)NC1CCOC1. The Morgan fingerprint density at radius 1 is 1.26 bits per heavy atom. The molecule has 3 N–H and O–H groups in total. The molecule has 190 valence electrons. The summed E-state index contributed by atoms with van der Waals surface area (Å²) >= 11 is 6.29. The number of rotatable bonds is 7. The van der Waals surface area contributed by atoms with Crippen molar-refractivity contribution < 1.29 is 19.4 Å². The summed E-state index contributed by atoms with van der Waals surface area (Å²) in [5.41, 5.74) is -0.890. The maximum Gasteiger partial charge on any atom is 0.351 e. The van der Waals surface area contributed by atoms with E-state index in [1.165, 1.54) is 16.7 Å². The fraction of sp³-hybridized carbons (Fsp3) is 0.583. The van der Waals surface area contributed by atoms with Crippen LogP contribution >= 0.6 is 11.6 Å². The van der Waals surface area contributed by atoms with Gasteiger partial charge in [0.15, 0.2) is 0 Å².